The van der Waals surface area contributed by atoms with E-state index in [2.05, 4.69) is 10.1 Å². The number of anilines is 2. The summed E-state index contributed by atoms with van der Waals surface area (Å²) in [5.41, 5.74) is 2.17. The molecule has 0 saturated carbocycles. The summed E-state index contributed by atoms with van der Waals surface area (Å²) in [5.74, 6) is 1.18. The minimum absolute atomic E-state index is 0.0170. The van der Waals surface area contributed by atoms with Crippen molar-refractivity contribution >= 4 is 34.8 Å². The van der Waals surface area contributed by atoms with Gasteiger partial charge in [0.05, 0.1) is 11.6 Å². The summed E-state index contributed by atoms with van der Waals surface area (Å²) in [6.45, 7) is 3.11. The highest BCUT2D eigenvalue weighted by Gasteiger charge is 2.35. The predicted molar refractivity (Wildman–Crippen MR) is 119 cm³/mol. The zero-order valence-electron chi connectivity index (χ0n) is 17.5. The molecule has 0 radical (unpaired) electrons. The van der Waals surface area contributed by atoms with E-state index in [1.807, 2.05) is 37.3 Å². The van der Waals surface area contributed by atoms with Crippen LogP contribution in [0.4, 0.5) is 11.4 Å². The normalized spacial score (nSPS) is 18.1. The summed E-state index contributed by atoms with van der Waals surface area (Å²) in [5, 5.41) is 4.70. The lowest BCUT2D eigenvalue weighted by atomic mass is 10.1. The Hall–Kier alpha value is -3.39. The Balaban J connectivity index is 1.39. The van der Waals surface area contributed by atoms with Gasteiger partial charge >= 0.3 is 0 Å². The number of nitrogens with zero attached hydrogens (tertiary/aromatic N) is 4. The minimum atomic E-state index is -0.207. The topological polar surface area (TPSA) is 88.8 Å². The number of aromatic nitrogens is 2. The highest BCUT2D eigenvalue weighted by atomic mass is 35.5. The summed E-state index contributed by atoms with van der Waals surface area (Å²) in [4.78, 5) is 32.8. The van der Waals surface area contributed by atoms with Crippen molar-refractivity contribution in [3.63, 3.8) is 0 Å². The lowest BCUT2D eigenvalue weighted by Gasteiger charge is -2.29. The first-order valence-electron chi connectivity index (χ1n) is 10.5. The molecule has 164 valence electrons. The van der Waals surface area contributed by atoms with Gasteiger partial charge in [0.2, 0.25) is 17.6 Å². The van der Waals surface area contributed by atoms with Crippen LogP contribution in [0.25, 0.3) is 11.4 Å². The molecule has 2 aliphatic heterocycles. The van der Waals surface area contributed by atoms with Crippen LogP contribution in [-0.4, -0.2) is 41.7 Å². The largest absolute Gasteiger partial charge is 0.482 e. The molecule has 1 unspecified atom stereocenters. The fourth-order valence-electron chi connectivity index (χ4n) is 4.09. The van der Waals surface area contributed by atoms with E-state index in [4.69, 9.17) is 20.9 Å². The third kappa shape index (κ3) is 3.71. The average molecular weight is 453 g/mol. The van der Waals surface area contributed by atoms with Crippen LogP contribution in [0, 0.1) is 0 Å². The summed E-state index contributed by atoms with van der Waals surface area (Å²) >= 11 is 6.07. The Morgan fingerprint density at radius 1 is 1.16 bits per heavy atom. The highest BCUT2D eigenvalue weighted by molar-refractivity contribution is 6.30. The maximum atomic E-state index is 12.6. The first-order chi connectivity index (χ1) is 15.5. The summed E-state index contributed by atoms with van der Waals surface area (Å²) in [6.07, 6.45) is 1.12. The van der Waals surface area contributed by atoms with Crippen LogP contribution in [-0.2, 0) is 9.59 Å². The van der Waals surface area contributed by atoms with Crippen LogP contribution in [0.5, 0.6) is 5.75 Å². The molecule has 1 fully saturated rings. The van der Waals surface area contributed by atoms with E-state index in [1.165, 1.54) is 0 Å². The van der Waals surface area contributed by atoms with Crippen LogP contribution >= 0.6 is 11.6 Å². The average Bonchev–Trinajstić information content (AvgIpc) is 3.42. The molecule has 2 aliphatic rings. The smallest absolute Gasteiger partial charge is 0.265 e. The number of benzene rings is 2. The maximum absolute atomic E-state index is 12.6. The number of ether oxygens (including phenoxy) is 1. The number of hydrogen-bond acceptors (Lipinski definition) is 6. The third-order valence-corrected chi connectivity index (χ3v) is 5.88. The Kier molecular flexibility index (Phi) is 5.30. The van der Waals surface area contributed by atoms with Gasteiger partial charge in [0.15, 0.2) is 6.61 Å². The van der Waals surface area contributed by atoms with Crippen molar-refractivity contribution in [2.75, 3.05) is 29.5 Å². The van der Waals surface area contributed by atoms with Crippen LogP contribution in [0.1, 0.15) is 31.6 Å². The second-order valence-electron chi connectivity index (χ2n) is 7.86. The Bertz CT molecular complexity index is 1190. The molecule has 2 aromatic carbocycles. The van der Waals surface area contributed by atoms with Gasteiger partial charge in [-0.1, -0.05) is 29.7 Å². The van der Waals surface area contributed by atoms with Gasteiger partial charge in [-0.25, -0.2) is 0 Å². The zero-order valence-corrected chi connectivity index (χ0v) is 18.2. The van der Waals surface area contributed by atoms with E-state index in [0.717, 1.165) is 12.1 Å². The van der Waals surface area contributed by atoms with E-state index < -0.39 is 0 Å². The molecule has 0 aliphatic carbocycles. The predicted octanol–water partition coefficient (Wildman–Crippen LogP) is 4.05. The van der Waals surface area contributed by atoms with E-state index in [-0.39, 0.29) is 30.8 Å². The van der Waals surface area contributed by atoms with Gasteiger partial charge in [-0.2, -0.15) is 4.98 Å². The van der Waals surface area contributed by atoms with E-state index in [0.29, 0.717) is 46.8 Å². The molecule has 3 aromatic rings. The number of carbonyl (C=O) groups is 2. The molecule has 9 heteroatoms. The SMILES string of the molecule is CCCN1C(=O)COc2ccc(-c3noc(C4CC(=O)N(c5cccc(Cl)c5)C4)n3)cc21. The molecule has 1 atom stereocenters. The van der Waals surface area contributed by atoms with Crippen molar-refractivity contribution < 1.29 is 18.8 Å². The maximum Gasteiger partial charge on any atom is 0.265 e. The number of halogens is 1. The van der Waals surface area contributed by atoms with Gasteiger partial charge in [-0.15, -0.1) is 0 Å². The van der Waals surface area contributed by atoms with Gasteiger partial charge < -0.3 is 19.1 Å². The van der Waals surface area contributed by atoms with Gasteiger partial charge in [0, 0.05) is 35.8 Å². The lowest BCUT2D eigenvalue weighted by Crippen LogP contribution is -2.39. The molecule has 8 nitrogen and oxygen atoms in total. The van der Waals surface area contributed by atoms with Crippen LogP contribution in [0.3, 0.4) is 0 Å². The summed E-state index contributed by atoms with van der Waals surface area (Å²) < 4.78 is 11.1. The monoisotopic (exact) mass is 452 g/mol. The third-order valence-electron chi connectivity index (χ3n) is 5.64. The summed E-state index contributed by atoms with van der Waals surface area (Å²) in [7, 11) is 0. The van der Waals surface area contributed by atoms with Gasteiger partial charge in [-0.3, -0.25) is 9.59 Å². The van der Waals surface area contributed by atoms with Gasteiger partial charge in [-0.05, 0) is 42.8 Å². The lowest BCUT2D eigenvalue weighted by molar-refractivity contribution is -0.121. The standard InChI is InChI=1S/C23H21ClN4O4/c1-2-8-27-18-9-14(6-7-19(18)31-13-21(27)30)22-25-23(32-26-22)15-10-20(29)28(12-15)17-5-3-4-16(24)11-17/h3-7,9,11,15H,2,8,10,12-13H2,1H3. The number of rotatable bonds is 5. The van der Waals surface area contributed by atoms with Crippen LogP contribution in [0.2, 0.25) is 5.02 Å². The zero-order chi connectivity index (χ0) is 22.2. The molecule has 2 amide bonds. The molecule has 0 spiro atoms. The first kappa shape index (κ1) is 20.5. The highest BCUT2D eigenvalue weighted by Crippen LogP contribution is 2.37. The number of fused-ring (bicyclic) bond motifs is 1. The van der Waals surface area contributed by atoms with Crippen LogP contribution < -0.4 is 14.5 Å². The van der Waals surface area contributed by atoms with Crippen molar-refractivity contribution in [2.45, 2.75) is 25.7 Å². The van der Waals surface area contributed by atoms with E-state index in [9.17, 15) is 9.59 Å². The van der Waals surface area contributed by atoms with Gasteiger partial charge in [0.25, 0.3) is 5.91 Å². The molecule has 3 heterocycles. The van der Waals surface area contributed by atoms with Gasteiger partial charge in [0.1, 0.15) is 5.75 Å². The van der Waals surface area contributed by atoms with Crippen molar-refractivity contribution in [1.82, 2.24) is 10.1 Å². The van der Waals surface area contributed by atoms with Crippen molar-refractivity contribution in [1.29, 1.82) is 0 Å². The first-order valence-corrected chi connectivity index (χ1v) is 10.9. The molecule has 1 saturated heterocycles. The van der Waals surface area contributed by atoms with Crippen molar-refractivity contribution in [3.05, 3.63) is 53.4 Å². The number of hydrogen-bond donors (Lipinski definition) is 0. The molecular weight excluding hydrogens is 432 g/mol. The molecule has 5 rings (SSSR count). The molecule has 0 bridgehead atoms. The Morgan fingerprint density at radius 3 is 2.84 bits per heavy atom. The van der Waals surface area contributed by atoms with E-state index >= 15 is 0 Å². The van der Waals surface area contributed by atoms with Crippen molar-refractivity contribution in [3.8, 4) is 17.1 Å². The quantitative estimate of drug-likeness (QED) is 0.580. The fourth-order valence-corrected chi connectivity index (χ4v) is 4.28. The second kappa shape index (κ2) is 8.27. The van der Waals surface area contributed by atoms with E-state index in [1.54, 1.807) is 21.9 Å². The Labute approximate surface area is 189 Å². The molecule has 32 heavy (non-hydrogen) atoms. The number of amides is 2. The molecular formula is C23H21ClN4O4. The Morgan fingerprint density at radius 2 is 2.03 bits per heavy atom. The summed E-state index contributed by atoms with van der Waals surface area (Å²) in [6, 6.07) is 12.7. The second-order valence-corrected chi connectivity index (χ2v) is 8.29. The van der Waals surface area contributed by atoms with Crippen molar-refractivity contribution in [2.24, 2.45) is 0 Å². The minimum Gasteiger partial charge on any atom is -0.482 e. The number of carbonyl (C=O) groups excluding carboxylic acids is 2. The fraction of sp³-hybridized carbons (Fsp3) is 0.304. The molecule has 0 N–H and O–H groups in total. The van der Waals surface area contributed by atoms with Crippen LogP contribution in [0.15, 0.2) is 47.0 Å². The molecule has 1 aromatic heterocycles.